The minimum absolute atomic E-state index is 0.0342. The number of nitrogens with one attached hydrogen (secondary N) is 2. The number of aromatic nitrogens is 3. The number of hydrogen-bond donors (Lipinski definition) is 2. The Morgan fingerprint density at radius 2 is 2.50 bits per heavy atom. The number of amides is 1. The van der Waals surface area contributed by atoms with E-state index in [1.165, 1.54) is 6.42 Å². The average molecular weight is 364 g/mol. The molecule has 2 aromatic heterocycles. The summed E-state index contributed by atoms with van der Waals surface area (Å²) < 4.78 is 8.10. The highest BCUT2D eigenvalue weighted by Gasteiger charge is 2.40. The van der Waals surface area contributed by atoms with Crippen LogP contribution < -0.4 is 5.32 Å². The fourth-order valence-electron chi connectivity index (χ4n) is 3.70. The molecule has 2 fully saturated rings. The van der Waals surface area contributed by atoms with Crippen molar-refractivity contribution in [3.05, 3.63) is 22.3 Å². The summed E-state index contributed by atoms with van der Waals surface area (Å²) >= 11 is 6.90. The SMILES string of the molecule is C[C@@H](C(=O)NC[C@@H]1C[C@H]2CC[C@H]1O2)n1c(-c2cccs2)n[nH]c1=S. The molecule has 2 N–H and O–H groups in total. The van der Waals surface area contributed by atoms with E-state index in [2.05, 4.69) is 15.5 Å². The number of nitrogens with zero attached hydrogens (tertiary/aromatic N) is 2. The molecule has 4 atom stereocenters. The minimum Gasteiger partial charge on any atom is -0.375 e. The lowest BCUT2D eigenvalue weighted by atomic mass is 9.89. The summed E-state index contributed by atoms with van der Waals surface area (Å²) in [5, 5.41) is 12.1. The number of hydrogen-bond acceptors (Lipinski definition) is 5. The van der Waals surface area contributed by atoms with Gasteiger partial charge in [-0.3, -0.25) is 14.5 Å². The van der Waals surface area contributed by atoms with Crippen LogP contribution in [-0.4, -0.2) is 39.4 Å². The number of ether oxygens (including phenoxy) is 1. The van der Waals surface area contributed by atoms with Crippen LogP contribution in [0.15, 0.2) is 17.5 Å². The molecule has 4 rings (SSSR count). The molecular weight excluding hydrogens is 344 g/mol. The normalized spacial score (nSPS) is 26.6. The molecule has 2 saturated heterocycles. The highest BCUT2D eigenvalue weighted by Crippen LogP contribution is 2.38. The van der Waals surface area contributed by atoms with E-state index in [9.17, 15) is 4.79 Å². The van der Waals surface area contributed by atoms with Crippen molar-refractivity contribution in [2.75, 3.05) is 6.54 Å². The third-order valence-corrected chi connectivity index (χ3v) is 6.14. The average Bonchev–Trinajstić information content (AvgIpc) is 3.34. The Hall–Kier alpha value is -1.51. The molecule has 2 aromatic rings. The van der Waals surface area contributed by atoms with E-state index in [4.69, 9.17) is 17.0 Å². The lowest BCUT2D eigenvalue weighted by molar-refractivity contribution is -0.124. The number of carbonyl (C=O) groups excluding carboxylic acids is 1. The van der Waals surface area contributed by atoms with Crippen molar-refractivity contribution in [1.82, 2.24) is 20.1 Å². The third kappa shape index (κ3) is 2.82. The first-order chi connectivity index (χ1) is 11.6. The van der Waals surface area contributed by atoms with Crippen LogP contribution in [-0.2, 0) is 9.53 Å². The summed E-state index contributed by atoms with van der Waals surface area (Å²) in [6.45, 7) is 2.53. The van der Waals surface area contributed by atoms with E-state index in [-0.39, 0.29) is 5.91 Å². The lowest BCUT2D eigenvalue weighted by Crippen LogP contribution is -2.37. The van der Waals surface area contributed by atoms with Crippen LogP contribution >= 0.6 is 23.6 Å². The first kappa shape index (κ1) is 16.0. The zero-order chi connectivity index (χ0) is 16.7. The highest BCUT2D eigenvalue weighted by atomic mass is 32.1. The second kappa shape index (κ2) is 6.42. The Balaban J connectivity index is 1.45. The molecule has 0 aromatic carbocycles. The van der Waals surface area contributed by atoms with Gasteiger partial charge in [-0.2, -0.15) is 5.10 Å². The zero-order valence-electron chi connectivity index (χ0n) is 13.4. The third-order valence-electron chi connectivity index (χ3n) is 4.98. The minimum atomic E-state index is -0.409. The molecule has 0 unspecified atom stereocenters. The van der Waals surface area contributed by atoms with E-state index >= 15 is 0 Å². The molecule has 128 valence electrons. The summed E-state index contributed by atoms with van der Waals surface area (Å²) in [4.78, 5) is 13.6. The standard InChI is InChI=1S/C16H20N4O2S2/c1-9(15(21)17-8-10-7-11-4-5-12(10)22-11)20-14(18-19-16(20)23)13-3-2-6-24-13/h2-3,6,9-12H,4-5,7-8H2,1H3,(H,17,21)(H,19,23)/t9-,10-,11+,12+/m0/s1. The summed E-state index contributed by atoms with van der Waals surface area (Å²) in [5.41, 5.74) is 0. The lowest BCUT2D eigenvalue weighted by Gasteiger charge is -2.21. The maximum absolute atomic E-state index is 12.6. The van der Waals surface area contributed by atoms with Gasteiger partial charge in [0.05, 0.1) is 17.1 Å². The van der Waals surface area contributed by atoms with Crippen LogP contribution in [0.1, 0.15) is 32.2 Å². The topological polar surface area (TPSA) is 71.9 Å². The van der Waals surface area contributed by atoms with Crippen molar-refractivity contribution in [2.24, 2.45) is 5.92 Å². The molecule has 6 nitrogen and oxygen atoms in total. The van der Waals surface area contributed by atoms with Gasteiger partial charge in [-0.05, 0) is 49.9 Å². The fourth-order valence-corrected chi connectivity index (χ4v) is 4.70. The van der Waals surface area contributed by atoms with E-state index in [0.717, 1.165) is 17.7 Å². The van der Waals surface area contributed by atoms with E-state index in [0.29, 0.717) is 35.3 Å². The predicted molar refractivity (Wildman–Crippen MR) is 94.4 cm³/mol. The fraction of sp³-hybridized carbons (Fsp3) is 0.562. The molecule has 0 aliphatic carbocycles. The van der Waals surface area contributed by atoms with Gasteiger partial charge in [-0.15, -0.1) is 11.3 Å². The van der Waals surface area contributed by atoms with Gasteiger partial charge in [-0.1, -0.05) is 6.07 Å². The second-order valence-corrected chi connectivity index (χ2v) is 7.82. The number of fused-ring (bicyclic) bond motifs is 2. The van der Waals surface area contributed by atoms with Gasteiger partial charge in [0.25, 0.3) is 0 Å². The number of H-pyrrole nitrogens is 1. The van der Waals surface area contributed by atoms with Crippen molar-refractivity contribution in [1.29, 1.82) is 0 Å². The summed E-state index contributed by atoms with van der Waals surface area (Å²) in [5.74, 6) is 1.11. The van der Waals surface area contributed by atoms with Gasteiger partial charge < -0.3 is 10.1 Å². The second-order valence-electron chi connectivity index (χ2n) is 6.49. The number of carbonyl (C=O) groups is 1. The predicted octanol–water partition coefficient (Wildman–Crippen LogP) is 2.91. The molecule has 1 amide bonds. The van der Waals surface area contributed by atoms with Gasteiger partial charge in [0.1, 0.15) is 6.04 Å². The Morgan fingerprint density at radius 3 is 3.17 bits per heavy atom. The Labute approximate surface area is 149 Å². The smallest absolute Gasteiger partial charge is 0.242 e. The zero-order valence-corrected chi connectivity index (χ0v) is 15.0. The molecule has 24 heavy (non-hydrogen) atoms. The first-order valence-corrected chi connectivity index (χ1v) is 9.56. The monoisotopic (exact) mass is 364 g/mol. The van der Waals surface area contributed by atoms with E-state index in [1.54, 1.807) is 15.9 Å². The molecule has 2 aliphatic rings. The maximum atomic E-state index is 12.6. The van der Waals surface area contributed by atoms with Crippen LogP contribution in [0.2, 0.25) is 0 Å². The largest absolute Gasteiger partial charge is 0.375 e. The summed E-state index contributed by atoms with van der Waals surface area (Å²) in [6.07, 6.45) is 4.08. The van der Waals surface area contributed by atoms with Crippen molar-refractivity contribution in [2.45, 2.75) is 44.4 Å². The molecule has 0 saturated carbocycles. The van der Waals surface area contributed by atoms with Gasteiger partial charge >= 0.3 is 0 Å². The Bertz CT molecular complexity index is 782. The van der Waals surface area contributed by atoms with E-state index in [1.807, 2.05) is 24.4 Å². The van der Waals surface area contributed by atoms with Crippen LogP contribution in [0.5, 0.6) is 0 Å². The maximum Gasteiger partial charge on any atom is 0.242 e. The van der Waals surface area contributed by atoms with Crippen molar-refractivity contribution >= 4 is 29.5 Å². The van der Waals surface area contributed by atoms with Crippen LogP contribution in [0.25, 0.3) is 10.7 Å². The number of aromatic amines is 1. The molecular formula is C16H20N4O2S2. The molecule has 0 radical (unpaired) electrons. The van der Waals surface area contributed by atoms with Crippen LogP contribution in [0.3, 0.4) is 0 Å². The Kier molecular flexibility index (Phi) is 4.28. The molecule has 0 spiro atoms. The highest BCUT2D eigenvalue weighted by molar-refractivity contribution is 7.71. The summed E-state index contributed by atoms with van der Waals surface area (Å²) in [6, 6.07) is 3.53. The van der Waals surface area contributed by atoms with Gasteiger partial charge in [0.2, 0.25) is 5.91 Å². The van der Waals surface area contributed by atoms with Crippen molar-refractivity contribution in [3.8, 4) is 10.7 Å². The van der Waals surface area contributed by atoms with Gasteiger partial charge in [-0.25, -0.2) is 0 Å². The van der Waals surface area contributed by atoms with Crippen molar-refractivity contribution in [3.63, 3.8) is 0 Å². The van der Waals surface area contributed by atoms with E-state index < -0.39 is 6.04 Å². The number of rotatable bonds is 5. The number of thiophene rings is 1. The van der Waals surface area contributed by atoms with Crippen LogP contribution in [0.4, 0.5) is 0 Å². The van der Waals surface area contributed by atoms with Gasteiger partial charge in [0.15, 0.2) is 10.6 Å². The molecule has 2 aliphatic heterocycles. The van der Waals surface area contributed by atoms with Crippen molar-refractivity contribution < 1.29 is 9.53 Å². The van der Waals surface area contributed by atoms with Crippen LogP contribution in [0, 0.1) is 10.7 Å². The molecule has 8 heteroatoms. The Morgan fingerprint density at radius 1 is 1.62 bits per heavy atom. The quantitative estimate of drug-likeness (QED) is 0.800. The summed E-state index contributed by atoms with van der Waals surface area (Å²) in [7, 11) is 0. The molecule has 4 heterocycles. The first-order valence-electron chi connectivity index (χ1n) is 8.27. The molecule has 2 bridgehead atoms. The van der Waals surface area contributed by atoms with Gasteiger partial charge in [0, 0.05) is 12.5 Å².